The molecule has 0 aliphatic rings. The smallest absolute Gasteiger partial charge is 0.239 e. The molecule has 0 radical (unpaired) electrons. The molecule has 0 aliphatic carbocycles. The number of rotatable bonds is 5. The van der Waals surface area contributed by atoms with Gasteiger partial charge in [-0.2, -0.15) is 5.10 Å². The summed E-state index contributed by atoms with van der Waals surface area (Å²) in [6.07, 6.45) is 1.53. The Bertz CT molecular complexity index is 618. The zero-order valence-corrected chi connectivity index (χ0v) is 11.9. The molecule has 2 N–H and O–H groups in total. The molecule has 0 saturated carbocycles. The zero-order valence-electron chi connectivity index (χ0n) is 11.9. The number of amides is 1. The zero-order chi connectivity index (χ0) is 15.2. The lowest BCUT2D eigenvalue weighted by molar-refractivity contribution is -0.115. The molecule has 1 atom stereocenters. The summed E-state index contributed by atoms with van der Waals surface area (Å²) >= 11 is 0. The van der Waals surface area contributed by atoms with Gasteiger partial charge in [0.1, 0.15) is 5.82 Å². The van der Waals surface area contributed by atoms with Gasteiger partial charge in [-0.15, -0.1) is 5.10 Å². The van der Waals surface area contributed by atoms with Gasteiger partial charge in [0.2, 0.25) is 5.91 Å². The van der Waals surface area contributed by atoms with Crippen molar-refractivity contribution < 1.29 is 9.18 Å². The van der Waals surface area contributed by atoms with Gasteiger partial charge in [0.25, 0.3) is 0 Å². The van der Waals surface area contributed by atoms with Crippen molar-refractivity contribution in [2.24, 2.45) is 0 Å². The summed E-state index contributed by atoms with van der Waals surface area (Å²) in [5.74, 6) is -0.0258. The normalized spacial score (nSPS) is 12.0. The highest BCUT2D eigenvalue weighted by molar-refractivity contribution is 5.91. The Morgan fingerprint density at radius 2 is 2.19 bits per heavy atom. The van der Waals surface area contributed by atoms with Crippen LogP contribution in [-0.2, 0) is 4.79 Å². The van der Waals surface area contributed by atoms with Gasteiger partial charge < -0.3 is 10.6 Å². The van der Waals surface area contributed by atoms with Gasteiger partial charge in [0.15, 0.2) is 5.82 Å². The van der Waals surface area contributed by atoms with Crippen LogP contribution < -0.4 is 10.6 Å². The van der Waals surface area contributed by atoms with E-state index < -0.39 is 0 Å². The molecule has 1 aromatic heterocycles. The average molecular weight is 288 g/mol. The molecule has 110 valence electrons. The van der Waals surface area contributed by atoms with Crippen molar-refractivity contribution in [3.63, 3.8) is 0 Å². The molecule has 2 rings (SSSR count). The van der Waals surface area contributed by atoms with Crippen molar-refractivity contribution >= 4 is 11.7 Å². The Morgan fingerprint density at radius 1 is 1.38 bits per heavy atom. The van der Waals surface area contributed by atoms with E-state index in [0.29, 0.717) is 11.4 Å². The van der Waals surface area contributed by atoms with E-state index in [-0.39, 0.29) is 24.3 Å². The number of nitrogens with zero attached hydrogens (tertiary/aromatic N) is 2. The molecular formula is C15H17FN4O. The average Bonchev–Trinajstić information content (AvgIpc) is 2.48. The van der Waals surface area contributed by atoms with Crippen LogP contribution >= 0.6 is 0 Å². The van der Waals surface area contributed by atoms with Crippen molar-refractivity contribution in [1.29, 1.82) is 0 Å². The predicted molar refractivity (Wildman–Crippen MR) is 78.2 cm³/mol. The monoisotopic (exact) mass is 288 g/mol. The molecule has 2 aromatic rings. The topological polar surface area (TPSA) is 66.9 Å². The second-order valence-electron chi connectivity index (χ2n) is 4.77. The van der Waals surface area contributed by atoms with Crippen LogP contribution in [0.15, 0.2) is 36.5 Å². The summed E-state index contributed by atoms with van der Waals surface area (Å²) in [6, 6.07) is 8.21. The minimum Gasteiger partial charge on any atom is -0.308 e. The second-order valence-corrected chi connectivity index (χ2v) is 4.77. The Labute approximate surface area is 122 Å². The maximum atomic E-state index is 13.2. The highest BCUT2D eigenvalue weighted by Crippen LogP contribution is 2.16. The van der Waals surface area contributed by atoms with E-state index in [1.807, 2.05) is 6.92 Å². The van der Waals surface area contributed by atoms with Gasteiger partial charge in [0, 0.05) is 12.2 Å². The van der Waals surface area contributed by atoms with Crippen LogP contribution in [0, 0.1) is 12.7 Å². The fourth-order valence-electron chi connectivity index (χ4n) is 1.86. The highest BCUT2D eigenvalue weighted by Gasteiger charge is 2.09. The molecule has 0 bridgehead atoms. The number of aromatic nitrogens is 2. The molecule has 0 aliphatic heterocycles. The minimum atomic E-state index is -0.230. The first kappa shape index (κ1) is 15.1. The number of carbonyl (C=O) groups excluding carboxylic acids is 1. The third kappa shape index (κ3) is 4.32. The summed E-state index contributed by atoms with van der Waals surface area (Å²) in [5, 5.41) is 13.2. The Balaban J connectivity index is 1.87. The van der Waals surface area contributed by atoms with E-state index in [1.54, 1.807) is 31.2 Å². The number of anilines is 1. The van der Waals surface area contributed by atoms with Gasteiger partial charge in [0.05, 0.1) is 6.54 Å². The van der Waals surface area contributed by atoms with Crippen LogP contribution in [-0.4, -0.2) is 22.6 Å². The molecule has 1 heterocycles. The van der Waals surface area contributed by atoms with Crippen molar-refractivity contribution in [2.45, 2.75) is 19.9 Å². The minimum absolute atomic E-state index is 0.0584. The molecule has 1 amide bonds. The summed E-state index contributed by atoms with van der Waals surface area (Å²) in [4.78, 5) is 11.8. The summed E-state index contributed by atoms with van der Waals surface area (Å²) in [7, 11) is 0. The SMILES string of the molecule is Cc1cc([C@@H](C)NCC(=O)Nc2cccnn2)ccc1F. The van der Waals surface area contributed by atoms with E-state index in [4.69, 9.17) is 0 Å². The number of halogens is 1. The first-order valence-electron chi connectivity index (χ1n) is 6.63. The fourth-order valence-corrected chi connectivity index (χ4v) is 1.86. The predicted octanol–water partition coefficient (Wildman–Crippen LogP) is 2.21. The van der Waals surface area contributed by atoms with E-state index in [1.165, 1.54) is 12.3 Å². The van der Waals surface area contributed by atoms with Gasteiger partial charge in [-0.3, -0.25) is 4.79 Å². The number of hydrogen-bond donors (Lipinski definition) is 2. The maximum Gasteiger partial charge on any atom is 0.239 e. The highest BCUT2D eigenvalue weighted by atomic mass is 19.1. The molecular weight excluding hydrogens is 271 g/mol. The Morgan fingerprint density at radius 3 is 2.86 bits per heavy atom. The van der Waals surface area contributed by atoms with Crippen molar-refractivity contribution in [3.05, 3.63) is 53.5 Å². The lowest BCUT2D eigenvalue weighted by atomic mass is 10.1. The van der Waals surface area contributed by atoms with Crippen molar-refractivity contribution in [2.75, 3.05) is 11.9 Å². The Kier molecular flexibility index (Phi) is 4.94. The van der Waals surface area contributed by atoms with Gasteiger partial charge in [-0.25, -0.2) is 4.39 Å². The largest absolute Gasteiger partial charge is 0.308 e. The summed E-state index contributed by atoms with van der Waals surface area (Å²) < 4.78 is 13.2. The fraction of sp³-hybridized carbons (Fsp3) is 0.267. The maximum absolute atomic E-state index is 13.2. The van der Waals surface area contributed by atoms with E-state index in [2.05, 4.69) is 20.8 Å². The quantitative estimate of drug-likeness (QED) is 0.885. The molecule has 21 heavy (non-hydrogen) atoms. The third-order valence-corrected chi connectivity index (χ3v) is 3.09. The third-order valence-electron chi connectivity index (χ3n) is 3.09. The molecule has 0 spiro atoms. The van der Waals surface area contributed by atoms with Gasteiger partial charge in [-0.1, -0.05) is 12.1 Å². The van der Waals surface area contributed by atoms with E-state index in [9.17, 15) is 9.18 Å². The summed E-state index contributed by atoms with van der Waals surface area (Å²) in [6.45, 7) is 3.77. The van der Waals surface area contributed by atoms with Crippen LogP contribution in [0.5, 0.6) is 0 Å². The molecule has 5 nitrogen and oxygen atoms in total. The standard InChI is InChI=1S/C15H17FN4O/c1-10-8-12(5-6-13(10)16)11(2)17-9-15(21)19-14-4-3-7-18-20-14/h3-8,11,17H,9H2,1-2H3,(H,19,20,21)/t11-/m1/s1. The van der Waals surface area contributed by atoms with Crippen LogP contribution in [0.1, 0.15) is 24.1 Å². The molecule has 0 saturated heterocycles. The van der Waals surface area contributed by atoms with Crippen LogP contribution in [0.3, 0.4) is 0 Å². The van der Waals surface area contributed by atoms with Crippen molar-refractivity contribution in [1.82, 2.24) is 15.5 Å². The molecule has 0 fully saturated rings. The van der Waals surface area contributed by atoms with Gasteiger partial charge >= 0.3 is 0 Å². The Hall–Kier alpha value is -2.34. The summed E-state index contributed by atoms with van der Waals surface area (Å²) in [5.41, 5.74) is 1.52. The lowest BCUT2D eigenvalue weighted by Gasteiger charge is -2.14. The molecule has 1 aromatic carbocycles. The number of benzene rings is 1. The lowest BCUT2D eigenvalue weighted by Crippen LogP contribution is -2.30. The second kappa shape index (κ2) is 6.90. The van der Waals surface area contributed by atoms with Crippen LogP contribution in [0.2, 0.25) is 0 Å². The van der Waals surface area contributed by atoms with Gasteiger partial charge in [-0.05, 0) is 43.2 Å². The van der Waals surface area contributed by atoms with E-state index >= 15 is 0 Å². The number of nitrogens with one attached hydrogen (secondary N) is 2. The number of carbonyl (C=O) groups is 1. The number of hydrogen-bond acceptors (Lipinski definition) is 4. The van der Waals surface area contributed by atoms with Crippen LogP contribution in [0.25, 0.3) is 0 Å². The van der Waals surface area contributed by atoms with E-state index in [0.717, 1.165) is 5.56 Å². The van der Waals surface area contributed by atoms with Crippen molar-refractivity contribution in [3.8, 4) is 0 Å². The molecule has 6 heteroatoms. The van der Waals surface area contributed by atoms with Crippen LogP contribution in [0.4, 0.5) is 10.2 Å². The first-order chi connectivity index (χ1) is 10.1. The molecule has 0 unspecified atom stereocenters. The number of aryl methyl sites for hydroxylation is 1. The first-order valence-corrected chi connectivity index (χ1v) is 6.63.